The van der Waals surface area contributed by atoms with E-state index in [1.807, 2.05) is 56.3 Å². The maximum absolute atomic E-state index is 13.3. The van der Waals surface area contributed by atoms with Gasteiger partial charge in [0, 0.05) is 22.2 Å². The number of nitrogens with one attached hydrogen (secondary N) is 3. The van der Waals surface area contributed by atoms with Crippen LogP contribution in [0.15, 0.2) is 66.7 Å². The van der Waals surface area contributed by atoms with Crippen molar-refractivity contribution in [2.75, 3.05) is 10.6 Å². The van der Waals surface area contributed by atoms with Gasteiger partial charge < -0.3 is 15.6 Å². The molecule has 4 aromatic rings. The smallest absolute Gasteiger partial charge is 0.323 e. The number of urea groups is 1. The highest BCUT2D eigenvalue weighted by molar-refractivity contribution is 6.10. The molecule has 0 bridgehead atoms. The first-order valence-corrected chi connectivity index (χ1v) is 9.03. The van der Waals surface area contributed by atoms with Gasteiger partial charge in [-0.25, -0.2) is 9.18 Å². The molecular formula is C23H20FN3O. The van der Waals surface area contributed by atoms with Crippen molar-refractivity contribution < 1.29 is 9.18 Å². The summed E-state index contributed by atoms with van der Waals surface area (Å²) in [5.74, 6) is -0.304. The maximum atomic E-state index is 13.3. The molecule has 3 aromatic carbocycles. The molecule has 0 spiro atoms. The van der Waals surface area contributed by atoms with Gasteiger partial charge in [0.05, 0.1) is 11.4 Å². The minimum Gasteiger partial charge on any atom is -0.353 e. The Morgan fingerprint density at radius 3 is 2.43 bits per heavy atom. The summed E-state index contributed by atoms with van der Waals surface area (Å²) in [5.41, 5.74) is 5.96. The van der Waals surface area contributed by atoms with Crippen LogP contribution in [0.5, 0.6) is 0 Å². The lowest BCUT2D eigenvalue weighted by Crippen LogP contribution is -2.20. The first-order valence-electron chi connectivity index (χ1n) is 9.03. The normalized spacial score (nSPS) is 10.8. The lowest BCUT2D eigenvalue weighted by molar-refractivity contribution is 0.262. The minimum atomic E-state index is -0.333. The maximum Gasteiger partial charge on any atom is 0.323 e. The fraction of sp³-hybridized carbons (Fsp3) is 0.0870. The number of aryl methyl sites for hydroxylation is 2. The molecule has 0 fully saturated rings. The largest absolute Gasteiger partial charge is 0.353 e. The molecule has 5 heteroatoms. The molecule has 0 saturated heterocycles. The fourth-order valence-corrected chi connectivity index (χ4v) is 3.33. The average molecular weight is 373 g/mol. The number of hydrogen-bond donors (Lipinski definition) is 3. The summed E-state index contributed by atoms with van der Waals surface area (Å²) in [4.78, 5) is 16.0. The molecule has 0 radical (unpaired) electrons. The number of halogens is 1. The van der Waals surface area contributed by atoms with E-state index < -0.39 is 0 Å². The molecule has 3 N–H and O–H groups in total. The van der Waals surface area contributed by atoms with Crippen molar-refractivity contribution in [1.29, 1.82) is 0 Å². The third-order valence-corrected chi connectivity index (χ3v) is 4.71. The van der Waals surface area contributed by atoms with Gasteiger partial charge in [-0.05, 0) is 55.8 Å². The number of rotatable bonds is 3. The number of hydrogen-bond acceptors (Lipinski definition) is 1. The Morgan fingerprint density at radius 2 is 1.68 bits per heavy atom. The van der Waals surface area contributed by atoms with Crippen molar-refractivity contribution in [1.82, 2.24) is 4.98 Å². The van der Waals surface area contributed by atoms with Crippen molar-refractivity contribution in [3.05, 3.63) is 83.7 Å². The molecule has 4 rings (SSSR count). The molecule has 0 aliphatic carbocycles. The molecule has 1 aromatic heterocycles. The highest BCUT2D eigenvalue weighted by Gasteiger charge is 2.16. The van der Waals surface area contributed by atoms with Gasteiger partial charge in [-0.15, -0.1) is 0 Å². The number of amides is 2. The summed E-state index contributed by atoms with van der Waals surface area (Å²) in [6.07, 6.45) is 0. The topological polar surface area (TPSA) is 56.9 Å². The molecule has 1 heterocycles. The van der Waals surface area contributed by atoms with Crippen molar-refractivity contribution in [3.8, 4) is 11.3 Å². The molecule has 140 valence electrons. The minimum absolute atomic E-state index is 0.304. The molecule has 0 aliphatic rings. The Labute approximate surface area is 162 Å². The van der Waals surface area contributed by atoms with Crippen LogP contribution < -0.4 is 10.6 Å². The summed E-state index contributed by atoms with van der Waals surface area (Å²) in [7, 11) is 0. The van der Waals surface area contributed by atoms with Crippen LogP contribution in [0.2, 0.25) is 0 Å². The van der Waals surface area contributed by atoms with Gasteiger partial charge in [0.2, 0.25) is 0 Å². The number of benzene rings is 3. The van der Waals surface area contributed by atoms with Crippen LogP contribution in [0.3, 0.4) is 0 Å². The Kier molecular flexibility index (Phi) is 4.57. The van der Waals surface area contributed by atoms with Crippen molar-refractivity contribution >= 4 is 28.3 Å². The lowest BCUT2D eigenvalue weighted by Gasteiger charge is -2.12. The first-order chi connectivity index (χ1) is 13.5. The number of para-hydroxylation sites is 1. The van der Waals surface area contributed by atoms with Gasteiger partial charge in [-0.1, -0.05) is 35.9 Å². The van der Waals surface area contributed by atoms with Crippen LogP contribution in [-0.2, 0) is 0 Å². The van der Waals surface area contributed by atoms with E-state index in [2.05, 4.69) is 15.6 Å². The summed E-state index contributed by atoms with van der Waals surface area (Å²) in [6.45, 7) is 3.97. The second kappa shape index (κ2) is 7.19. The molecule has 0 unspecified atom stereocenters. The van der Waals surface area contributed by atoms with Gasteiger partial charge in [-0.3, -0.25) is 0 Å². The van der Waals surface area contributed by atoms with Crippen LogP contribution in [0.4, 0.5) is 20.6 Å². The number of fused-ring (bicyclic) bond motifs is 1. The van der Waals surface area contributed by atoms with Gasteiger partial charge in [0.15, 0.2) is 0 Å². The molecule has 0 atom stereocenters. The summed E-state index contributed by atoms with van der Waals surface area (Å²) in [6, 6.07) is 19.4. The average Bonchev–Trinajstić information content (AvgIpc) is 3.03. The Hall–Kier alpha value is -3.60. The predicted molar refractivity (Wildman–Crippen MR) is 112 cm³/mol. The predicted octanol–water partition coefficient (Wildman–Crippen LogP) is 6.23. The number of carbonyl (C=O) groups excluding carboxylic acids is 1. The molecular weight excluding hydrogens is 353 g/mol. The monoisotopic (exact) mass is 373 g/mol. The van der Waals surface area contributed by atoms with E-state index in [4.69, 9.17) is 0 Å². The number of H-pyrrole nitrogens is 1. The number of carbonyl (C=O) groups is 1. The zero-order valence-corrected chi connectivity index (χ0v) is 15.6. The fourth-order valence-electron chi connectivity index (χ4n) is 3.33. The van der Waals surface area contributed by atoms with Gasteiger partial charge in [0.25, 0.3) is 0 Å². The molecule has 0 saturated carbocycles. The second-order valence-corrected chi connectivity index (χ2v) is 6.82. The molecule has 28 heavy (non-hydrogen) atoms. The Bertz CT molecular complexity index is 1160. The van der Waals surface area contributed by atoms with Gasteiger partial charge in [0.1, 0.15) is 5.82 Å². The van der Waals surface area contributed by atoms with Crippen LogP contribution in [0.1, 0.15) is 11.1 Å². The van der Waals surface area contributed by atoms with Crippen LogP contribution in [0.25, 0.3) is 22.2 Å². The highest BCUT2D eigenvalue weighted by Crippen LogP contribution is 2.35. The van der Waals surface area contributed by atoms with E-state index in [1.54, 1.807) is 12.1 Å². The summed E-state index contributed by atoms with van der Waals surface area (Å²) < 4.78 is 13.3. The van der Waals surface area contributed by atoms with E-state index in [1.165, 1.54) is 12.1 Å². The number of anilines is 2. The number of aromatic amines is 1. The van der Waals surface area contributed by atoms with Crippen molar-refractivity contribution in [2.45, 2.75) is 13.8 Å². The van der Waals surface area contributed by atoms with E-state index in [0.717, 1.165) is 39.0 Å². The highest BCUT2D eigenvalue weighted by atomic mass is 19.1. The molecule has 0 aliphatic heterocycles. The Balaban J connectivity index is 1.70. The zero-order valence-electron chi connectivity index (χ0n) is 15.6. The van der Waals surface area contributed by atoms with Crippen LogP contribution in [0, 0.1) is 19.7 Å². The van der Waals surface area contributed by atoms with E-state index in [0.29, 0.717) is 5.69 Å². The SMILES string of the molecule is Cc1ccc(NC(=O)Nc2c(-c3ccc(F)cc3)[nH]c3ccccc23)c(C)c1. The third kappa shape index (κ3) is 3.47. The quantitative estimate of drug-likeness (QED) is 0.391. The zero-order chi connectivity index (χ0) is 19.7. The first kappa shape index (κ1) is 17.8. The van der Waals surface area contributed by atoms with Crippen molar-refractivity contribution in [3.63, 3.8) is 0 Å². The standard InChI is InChI=1S/C23H20FN3O/c1-14-7-12-19(15(2)13-14)26-23(28)27-22-18-5-3-4-6-20(18)25-21(22)16-8-10-17(24)11-9-16/h3-13,25H,1-2H3,(H2,26,27,28). The second-order valence-electron chi connectivity index (χ2n) is 6.82. The van der Waals surface area contributed by atoms with Gasteiger partial charge in [-0.2, -0.15) is 0 Å². The summed E-state index contributed by atoms with van der Waals surface area (Å²) >= 11 is 0. The third-order valence-electron chi connectivity index (χ3n) is 4.71. The lowest BCUT2D eigenvalue weighted by atomic mass is 10.1. The van der Waals surface area contributed by atoms with E-state index in [-0.39, 0.29) is 11.8 Å². The van der Waals surface area contributed by atoms with Crippen LogP contribution >= 0.6 is 0 Å². The van der Waals surface area contributed by atoms with Gasteiger partial charge >= 0.3 is 6.03 Å². The van der Waals surface area contributed by atoms with Crippen molar-refractivity contribution in [2.24, 2.45) is 0 Å². The molecule has 4 nitrogen and oxygen atoms in total. The number of aromatic nitrogens is 1. The van der Waals surface area contributed by atoms with E-state index >= 15 is 0 Å². The Morgan fingerprint density at radius 1 is 0.929 bits per heavy atom. The molecule has 2 amide bonds. The summed E-state index contributed by atoms with van der Waals surface area (Å²) in [5, 5.41) is 6.75. The van der Waals surface area contributed by atoms with E-state index in [9.17, 15) is 9.18 Å². The van der Waals surface area contributed by atoms with Crippen LogP contribution in [-0.4, -0.2) is 11.0 Å².